The Bertz CT molecular complexity index is 910. The molecule has 0 radical (unpaired) electrons. The lowest BCUT2D eigenvalue weighted by Gasteiger charge is -2.33. The smallest absolute Gasteiger partial charge is 0.282 e. The fourth-order valence-electron chi connectivity index (χ4n) is 4.16. The van der Waals surface area contributed by atoms with Crippen LogP contribution >= 0.6 is 11.3 Å². The molecular weight excluding hydrogens is 356 g/mol. The van der Waals surface area contributed by atoms with E-state index in [1.54, 1.807) is 0 Å². The van der Waals surface area contributed by atoms with Crippen molar-refractivity contribution in [2.24, 2.45) is 5.92 Å². The molecule has 0 spiro atoms. The molecule has 1 unspecified atom stereocenters. The summed E-state index contributed by atoms with van der Waals surface area (Å²) in [6.45, 7) is 7.84. The van der Waals surface area contributed by atoms with E-state index in [9.17, 15) is 9.59 Å². The van der Waals surface area contributed by atoms with Gasteiger partial charge in [-0.05, 0) is 67.3 Å². The maximum atomic E-state index is 13.5. The quantitative estimate of drug-likeness (QED) is 0.742. The summed E-state index contributed by atoms with van der Waals surface area (Å²) in [6.07, 6.45) is 2.22. The maximum absolute atomic E-state index is 13.5. The number of imide groups is 1. The van der Waals surface area contributed by atoms with Gasteiger partial charge in [0.05, 0.1) is 11.3 Å². The van der Waals surface area contributed by atoms with E-state index in [2.05, 4.69) is 17.9 Å². The van der Waals surface area contributed by atoms with Gasteiger partial charge in [0, 0.05) is 18.0 Å². The first-order chi connectivity index (χ1) is 13.0. The molecule has 4 rings (SSSR count). The number of thiophene rings is 1. The van der Waals surface area contributed by atoms with Gasteiger partial charge in [0.15, 0.2) is 0 Å². The molecule has 0 saturated carbocycles. The molecule has 1 saturated heterocycles. The number of hydrogen-bond acceptors (Lipinski definition) is 4. The Kier molecular flexibility index (Phi) is 4.64. The first-order valence-corrected chi connectivity index (χ1v) is 10.3. The first kappa shape index (κ1) is 18.0. The second-order valence-electron chi connectivity index (χ2n) is 7.69. The number of benzene rings is 1. The standard InChI is InChI=1S/C22H24N2O2S/c1-14-6-4-8-23(13-14)20-19(18-7-5-9-27-18)21(25)24(22(20)26)17-11-15(2)10-16(3)12-17/h5,7,9-12,14H,4,6,8,13H2,1-3H3. The number of amides is 2. The van der Waals surface area contributed by atoms with Crippen LogP contribution in [0.2, 0.25) is 0 Å². The van der Waals surface area contributed by atoms with Crippen LogP contribution in [0.3, 0.4) is 0 Å². The largest absolute Gasteiger partial charge is 0.366 e. The molecule has 3 heterocycles. The topological polar surface area (TPSA) is 40.6 Å². The summed E-state index contributed by atoms with van der Waals surface area (Å²) >= 11 is 1.51. The van der Waals surface area contributed by atoms with Gasteiger partial charge in [-0.25, -0.2) is 4.90 Å². The third-order valence-electron chi connectivity index (χ3n) is 5.26. The Labute approximate surface area is 164 Å². The number of aryl methyl sites for hydroxylation is 2. The van der Waals surface area contributed by atoms with Gasteiger partial charge in [-0.1, -0.05) is 19.1 Å². The molecule has 4 nitrogen and oxygen atoms in total. The van der Waals surface area contributed by atoms with Gasteiger partial charge in [-0.15, -0.1) is 11.3 Å². The fraction of sp³-hybridized carbons (Fsp3) is 0.364. The molecule has 5 heteroatoms. The molecule has 1 fully saturated rings. The minimum atomic E-state index is -0.208. The van der Waals surface area contributed by atoms with Crippen molar-refractivity contribution in [2.45, 2.75) is 33.6 Å². The summed E-state index contributed by atoms with van der Waals surface area (Å²) in [4.78, 5) is 31.2. The van der Waals surface area contributed by atoms with Crippen molar-refractivity contribution in [2.75, 3.05) is 18.0 Å². The molecule has 27 heavy (non-hydrogen) atoms. The Morgan fingerprint density at radius 1 is 1.07 bits per heavy atom. The Balaban J connectivity index is 1.82. The third kappa shape index (κ3) is 3.21. The highest BCUT2D eigenvalue weighted by Crippen LogP contribution is 2.38. The molecule has 1 aromatic carbocycles. The normalized spacial score (nSPS) is 20.8. The van der Waals surface area contributed by atoms with Crippen LogP contribution in [0.4, 0.5) is 5.69 Å². The number of hydrogen-bond donors (Lipinski definition) is 0. The van der Waals surface area contributed by atoms with E-state index in [0.717, 1.165) is 35.5 Å². The van der Waals surface area contributed by atoms with Crippen molar-refractivity contribution < 1.29 is 9.59 Å². The van der Waals surface area contributed by atoms with Crippen LogP contribution in [-0.4, -0.2) is 29.8 Å². The molecule has 2 aliphatic rings. The van der Waals surface area contributed by atoms with Crippen LogP contribution in [-0.2, 0) is 9.59 Å². The van der Waals surface area contributed by atoms with Crippen LogP contribution in [0.25, 0.3) is 5.57 Å². The van der Waals surface area contributed by atoms with Crippen molar-refractivity contribution in [3.8, 4) is 0 Å². The van der Waals surface area contributed by atoms with Crippen molar-refractivity contribution in [3.63, 3.8) is 0 Å². The summed E-state index contributed by atoms with van der Waals surface area (Å²) in [5.74, 6) is 0.122. The van der Waals surface area contributed by atoms with Crippen molar-refractivity contribution in [1.29, 1.82) is 0 Å². The minimum absolute atomic E-state index is 0.192. The van der Waals surface area contributed by atoms with Gasteiger partial charge in [0.25, 0.3) is 11.8 Å². The molecule has 0 N–H and O–H groups in total. The zero-order chi connectivity index (χ0) is 19.1. The maximum Gasteiger partial charge on any atom is 0.282 e. The number of piperidine rings is 1. The van der Waals surface area contributed by atoms with Crippen molar-refractivity contribution in [1.82, 2.24) is 4.90 Å². The van der Waals surface area contributed by atoms with Crippen LogP contribution in [0.5, 0.6) is 0 Å². The highest BCUT2D eigenvalue weighted by atomic mass is 32.1. The van der Waals surface area contributed by atoms with E-state index in [4.69, 9.17) is 0 Å². The van der Waals surface area contributed by atoms with Crippen LogP contribution in [0.15, 0.2) is 41.4 Å². The number of nitrogens with zero attached hydrogens (tertiary/aromatic N) is 2. The van der Waals surface area contributed by atoms with Gasteiger partial charge >= 0.3 is 0 Å². The summed E-state index contributed by atoms with van der Waals surface area (Å²) < 4.78 is 0. The number of likely N-dealkylation sites (tertiary alicyclic amines) is 1. The lowest BCUT2D eigenvalue weighted by Crippen LogP contribution is -2.39. The Morgan fingerprint density at radius 3 is 2.44 bits per heavy atom. The first-order valence-electron chi connectivity index (χ1n) is 9.46. The highest BCUT2D eigenvalue weighted by molar-refractivity contribution is 7.11. The van der Waals surface area contributed by atoms with E-state index in [0.29, 0.717) is 22.9 Å². The highest BCUT2D eigenvalue weighted by Gasteiger charge is 2.43. The fourth-order valence-corrected chi connectivity index (χ4v) is 4.92. The lowest BCUT2D eigenvalue weighted by molar-refractivity contribution is -0.120. The molecule has 2 aromatic rings. The second-order valence-corrected chi connectivity index (χ2v) is 8.63. The van der Waals surface area contributed by atoms with Crippen molar-refractivity contribution in [3.05, 3.63) is 57.4 Å². The van der Waals surface area contributed by atoms with Crippen molar-refractivity contribution >= 4 is 34.4 Å². The van der Waals surface area contributed by atoms with Crippen LogP contribution in [0.1, 0.15) is 35.8 Å². The van der Waals surface area contributed by atoms with E-state index in [-0.39, 0.29) is 11.8 Å². The number of carbonyl (C=O) groups is 2. The SMILES string of the molecule is Cc1cc(C)cc(N2C(=O)C(c3cccs3)=C(N3CCCC(C)C3)C2=O)c1. The zero-order valence-electron chi connectivity index (χ0n) is 16.0. The molecule has 0 aliphatic carbocycles. The number of rotatable bonds is 3. The summed E-state index contributed by atoms with van der Waals surface area (Å²) in [5.41, 5.74) is 3.89. The molecule has 2 amide bonds. The van der Waals surface area contributed by atoms with E-state index in [1.807, 2.05) is 43.5 Å². The van der Waals surface area contributed by atoms with Gasteiger partial charge in [0.1, 0.15) is 5.70 Å². The summed E-state index contributed by atoms with van der Waals surface area (Å²) in [5, 5.41) is 1.95. The van der Waals surface area contributed by atoms with Gasteiger partial charge in [-0.2, -0.15) is 0 Å². The molecule has 2 aliphatic heterocycles. The molecular formula is C22H24N2O2S. The van der Waals surface area contributed by atoms with E-state index in [1.165, 1.54) is 22.7 Å². The molecule has 140 valence electrons. The molecule has 0 bridgehead atoms. The predicted molar refractivity (Wildman–Crippen MR) is 110 cm³/mol. The average molecular weight is 381 g/mol. The number of carbonyl (C=O) groups excluding carboxylic acids is 2. The monoisotopic (exact) mass is 380 g/mol. The predicted octanol–water partition coefficient (Wildman–Crippen LogP) is 4.38. The average Bonchev–Trinajstić information content (AvgIpc) is 3.20. The van der Waals surface area contributed by atoms with Gasteiger partial charge in [-0.3, -0.25) is 9.59 Å². The summed E-state index contributed by atoms with van der Waals surface area (Å²) in [6, 6.07) is 9.74. The Hall–Kier alpha value is -2.40. The summed E-state index contributed by atoms with van der Waals surface area (Å²) in [7, 11) is 0. The van der Waals surface area contributed by atoms with Gasteiger partial charge in [0.2, 0.25) is 0 Å². The van der Waals surface area contributed by atoms with Crippen LogP contribution < -0.4 is 4.90 Å². The lowest BCUT2D eigenvalue weighted by atomic mass is 9.99. The molecule has 1 atom stereocenters. The van der Waals surface area contributed by atoms with Gasteiger partial charge < -0.3 is 4.90 Å². The zero-order valence-corrected chi connectivity index (χ0v) is 16.8. The van der Waals surface area contributed by atoms with E-state index >= 15 is 0 Å². The molecule has 1 aromatic heterocycles. The minimum Gasteiger partial charge on any atom is -0.366 e. The number of anilines is 1. The van der Waals surface area contributed by atoms with Crippen LogP contribution in [0, 0.1) is 19.8 Å². The third-order valence-corrected chi connectivity index (χ3v) is 6.15. The second kappa shape index (κ2) is 6.97. The van der Waals surface area contributed by atoms with E-state index < -0.39 is 0 Å². The Morgan fingerprint density at radius 2 is 1.81 bits per heavy atom.